The fraction of sp³-hybridized carbons (Fsp3) is 0.357. The summed E-state index contributed by atoms with van der Waals surface area (Å²) >= 11 is 0. The van der Waals surface area contributed by atoms with E-state index in [1.54, 1.807) is 24.3 Å². The van der Waals surface area contributed by atoms with Crippen molar-refractivity contribution in [2.24, 2.45) is 0 Å². The molecule has 0 radical (unpaired) electrons. The van der Waals surface area contributed by atoms with Gasteiger partial charge < -0.3 is 20.5 Å². The second kappa shape index (κ2) is 13.5. The van der Waals surface area contributed by atoms with Gasteiger partial charge in [0.1, 0.15) is 6.04 Å². The van der Waals surface area contributed by atoms with Crippen LogP contribution in [0.3, 0.4) is 0 Å². The molecule has 3 aromatic carbocycles. The number of H-pyrrole nitrogens is 1. The maximum Gasteiger partial charge on any atom is 0.264 e. The molecule has 1 aromatic heterocycles. The zero-order valence-electron chi connectivity index (χ0n) is 30.9. The van der Waals surface area contributed by atoms with Gasteiger partial charge >= 0.3 is 0 Å². The molecule has 1 atom stereocenters. The summed E-state index contributed by atoms with van der Waals surface area (Å²) in [5, 5.41) is 9.34. The minimum Gasteiger partial charge on any atom is -0.384 e. The van der Waals surface area contributed by atoms with Crippen molar-refractivity contribution in [2.75, 3.05) is 29.9 Å². The maximum atomic E-state index is 14.1. The number of fused-ring (bicyclic) bond motifs is 5. The largest absolute Gasteiger partial charge is 0.384 e. The van der Waals surface area contributed by atoms with Gasteiger partial charge in [-0.15, -0.1) is 0 Å². The number of nitrogens with zero attached hydrogens (tertiary/aromatic N) is 3. The summed E-state index contributed by atoms with van der Waals surface area (Å²) in [5.41, 5.74) is 6.99. The second-order valence-corrected chi connectivity index (χ2v) is 15.2. The normalized spacial score (nSPS) is 19.2. The number of rotatable bonds is 8. The summed E-state index contributed by atoms with van der Waals surface area (Å²) in [6, 6.07) is 13.4. The van der Waals surface area contributed by atoms with Gasteiger partial charge in [0.15, 0.2) is 11.5 Å². The van der Waals surface area contributed by atoms with Crippen molar-refractivity contribution in [1.82, 2.24) is 20.5 Å². The summed E-state index contributed by atoms with van der Waals surface area (Å²) < 4.78 is 0. The number of ketones is 1. The minimum atomic E-state index is -1.05. The lowest BCUT2D eigenvalue weighted by Crippen LogP contribution is -2.54. The quantitative estimate of drug-likeness (QED) is 0.143. The molecule has 0 bridgehead atoms. The minimum absolute atomic E-state index is 0.00534. The molecule has 8 rings (SSSR count). The van der Waals surface area contributed by atoms with E-state index in [1.165, 1.54) is 6.07 Å². The van der Waals surface area contributed by atoms with Crippen LogP contribution in [0.2, 0.25) is 0 Å². The van der Waals surface area contributed by atoms with Gasteiger partial charge in [-0.05, 0) is 67.1 Å². The average Bonchev–Trinajstić information content (AvgIpc) is 3.69. The number of aromatic amines is 1. The Kier molecular flexibility index (Phi) is 8.79. The Morgan fingerprint density at radius 2 is 1.75 bits per heavy atom. The molecule has 2 saturated heterocycles. The van der Waals surface area contributed by atoms with Crippen LogP contribution in [0.4, 0.5) is 17.1 Å². The van der Waals surface area contributed by atoms with E-state index >= 15 is 0 Å². The topological polar surface area (TPSA) is 165 Å². The van der Waals surface area contributed by atoms with E-state index < -0.39 is 35.1 Å². The summed E-state index contributed by atoms with van der Waals surface area (Å²) in [7, 11) is 0. The fourth-order valence-electron chi connectivity index (χ4n) is 8.68. The molecule has 280 valence electrons. The zero-order valence-corrected chi connectivity index (χ0v) is 30.9. The number of aryl methyl sites for hydroxylation is 1. The number of anilines is 2. The van der Waals surface area contributed by atoms with Crippen LogP contribution in [0.1, 0.15) is 106 Å². The molecular weight excluding hydrogens is 699 g/mol. The summed E-state index contributed by atoms with van der Waals surface area (Å²) in [4.78, 5) is 88.1. The molecule has 4 aromatic rings. The first kappa shape index (κ1) is 35.7. The van der Waals surface area contributed by atoms with Crippen LogP contribution in [-0.4, -0.2) is 76.9 Å². The molecule has 3 aliphatic heterocycles. The van der Waals surface area contributed by atoms with Crippen LogP contribution >= 0.6 is 0 Å². The Bertz CT molecular complexity index is 2400. The Morgan fingerprint density at radius 1 is 0.964 bits per heavy atom. The van der Waals surface area contributed by atoms with Gasteiger partial charge in [-0.2, -0.15) is 0 Å². The lowest BCUT2D eigenvalue weighted by molar-refractivity contribution is -0.136. The SMILES string of the molecule is [C-]#[N+]c1ccc2c3c([nH]c2c1)C(C)(C)c1cc(N2CCC(NC(=O)CCNc4cccc5c4C(=O)N(C4CCC(=O)NC4=O)C5=O)CC2)c(CC)cc1C3=O. The summed E-state index contributed by atoms with van der Waals surface area (Å²) in [6.45, 7) is 15.5. The van der Waals surface area contributed by atoms with Gasteiger partial charge in [-0.1, -0.05) is 39.0 Å². The van der Waals surface area contributed by atoms with Crippen LogP contribution in [0.5, 0.6) is 0 Å². The number of imide groups is 2. The van der Waals surface area contributed by atoms with Gasteiger partial charge in [0.05, 0.1) is 23.3 Å². The Balaban J connectivity index is 0.899. The number of benzene rings is 3. The fourth-order valence-corrected chi connectivity index (χ4v) is 8.68. The Hall–Kier alpha value is -6.29. The number of piperidine rings is 2. The van der Waals surface area contributed by atoms with Crippen molar-refractivity contribution >= 4 is 63.3 Å². The Morgan fingerprint density at radius 3 is 2.47 bits per heavy atom. The molecule has 4 aliphatic rings. The number of hydrogen-bond acceptors (Lipinski definition) is 8. The third-order valence-electron chi connectivity index (χ3n) is 11.6. The predicted molar refractivity (Wildman–Crippen MR) is 206 cm³/mol. The highest BCUT2D eigenvalue weighted by molar-refractivity contribution is 6.25. The maximum absolute atomic E-state index is 14.1. The smallest absolute Gasteiger partial charge is 0.264 e. The van der Waals surface area contributed by atoms with E-state index in [0.717, 1.165) is 70.7 Å². The van der Waals surface area contributed by atoms with Crippen molar-refractivity contribution in [2.45, 2.75) is 76.8 Å². The number of aromatic nitrogens is 1. The predicted octanol–water partition coefficient (Wildman–Crippen LogP) is 5.14. The first-order chi connectivity index (χ1) is 26.4. The molecule has 1 aliphatic carbocycles. The molecule has 0 spiro atoms. The van der Waals surface area contributed by atoms with Crippen molar-refractivity contribution < 1.29 is 28.8 Å². The van der Waals surface area contributed by atoms with Crippen molar-refractivity contribution in [3.8, 4) is 0 Å². The van der Waals surface area contributed by atoms with Gasteiger partial charge in [-0.3, -0.25) is 39.0 Å². The van der Waals surface area contributed by atoms with Crippen LogP contribution in [0, 0.1) is 6.57 Å². The van der Waals surface area contributed by atoms with Crippen molar-refractivity contribution in [1.29, 1.82) is 0 Å². The first-order valence-corrected chi connectivity index (χ1v) is 18.8. The summed E-state index contributed by atoms with van der Waals surface area (Å²) in [5.74, 6) is -2.43. The highest BCUT2D eigenvalue weighted by Gasteiger charge is 2.46. The van der Waals surface area contributed by atoms with E-state index in [9.17, 15) is 28.8 Å². The van der Waals surface area contributed by atoms with E-state index in [0.29, 0.717) is 22.5 Å². The number of nitrogens with one attached hydrogen (secondary N) is 4. The standard InChI is InChI=1S/C42H41N7O6/c1-5-22-19-27-28(42(2,3)38-36(37(27)52)25-10-9-24(43-4)20-30(25)46-38)21-32(22)48-17-14-23(15-18-48)45-34(51)13-16-44-29-8-6-7-26-35(29)41(55)49(40(26)54)31-11-12-33(50)47-39(31)53/h6-10,19-21,23,31,44,46H,5,11-18H2,1-3H3,(H,45,51)(H,47,50,53). The molecule has 13 nitrogen and oxygen atoms in total. The summed E-state index contributed by atoms with van der Waals surface area (Å²) in [6.07, 6.45) is 2.51. The third-order valence-corrected chi connectivity index (χ3v) is 11.6. The van der Waals surface area contributed by atoms with Crippen LogP contribution in [0.15, 0.2) is 48.5 Å². The average molecular weight is 740 g/mol. The first-order valence-electron chi connectivity index (χ1n) is 18.8. The highest BCUT2D eigenvalue weighted by Crippen LogP contribution is 2.46. The molecule has 13 heteroatoms. The molecule has 4 N–H and O–H groups in total. The van der Waals surface area contributed by atoms with Gasteiger partial charge in [-0.25, -0.2) is 4.85 Å². The highest BCUT2D eigenvalue weighted by atomic mass is 16.2. The van der Waals surface area contributed by atoms with E-state index in [1.807, 2.05) is 6.07 Å². The Labute approximate surface area is 317 Å². The third kappa shape index (κ3) is 5.92. The van der Waals surface area contributed by atoms with Crippen molar-refractivity contribution in [3.63, 3.8) is 0 Å². The second-order valence-electron chi connectivity index (χ2n) is 15.2. The zero-order chi connectivity index (χ0) is 38.8. The number of amides is 5. The van der Waals surface area contributed by atoms with E-state index in [-0.39, 0.29) is 54.7 Å². The number of carbonyl (C=O) groups excluding carboxylic acids is 6. The molecule has 0 saturated carbocycles. The molecular formula is C42H41N7O6. The lowest BCUT2D eigenvalue weighted by atomic mass is 9.70. The van der Waals surface area contributed by atoms with Crippen LogP contribution in [0.25, 0.3) is 15.7 Å². The monoisotopic (exact) mass is 739 g/mol. The van der Waals surface area contributed by atoms with Gasteiger partial charge in [0, 0.05) is 77.5 Å². The lowest BCUT2D eigenvalue weighted by Gasteiger charge is -2.38. The van der Waals surface area contributed by atoms with Gasteiger partial charge in [0.25, 0.3) is 11.8 Å². The molecule has 1 unspecified atom stereocenters. The molecule has 5 amide bonds. The van der Waals surface area contributed by atoms with Crippen LogP contribution in [-0.2, 0) is 26.2 Å². The number of hydrogen-bond donors (Lipinski definition) is 4. The van der Waals surface area contributed by atoms with Crippen LogP contribution < -0.4 is 20.9 Å². The number of carbonyl (C=O) groups is 6. The van der Waals surface area contributed by atoms with E-state index in [4.69, 9.17) is 6.57 Å². The molecule has 4 heterocycles. The van der Waals surface area contributed by atoms with E-state index in [2.05, 4.69) is 63.6 Å². The molecule has 2 fully saturated rings. The van der Waals surface area contributed by atoms with Crippen molar-refractivity contribution in [3.05, 3.63) is 99.0 Å². The molecule has 55 heavy (non-hydrogen) atoms. The van der Waals surface area contributed by atoms with Gasteiger partial charge in [0.2, 0.25) is 17.7 Å².